The van der Waals surface area contributed by atoms with Crippen molar-refractivity contribution in [2.75, 3.05) is 6.61 Å². The Hall–Kier alpha value is -1.57. The first kappa shape index (κ1) is 22.5. The van der Waals surface area contributed by atoms with E-state index in [1.165, 1.54) is 0 Å². The van der Waals surface area contributed by atoms with Crippen LogP contribution in [0.25, 0.3) is 0 Å². The van der Waals surface area contributed by atoms with Crippen molar-refractivity contribution in [3.63, 3.8) is 0 Å². The number of unbranched alkanes of at least 4 members (excludes halogenated alkanes) is 2. The predicted octanol–water partition coefficient (Wildman–Crippen LogP) is 5.67. The normalized spacial score (nSPS) is 22.3. The van der Waals surface area contributed by atoms with Crippen molar-refractivity contribution in [2.45, 2.75) is 78.6 Å². The smallest absolute Gasteiger partial charge is 0.160 e. The zero-order valence-corrected chi connectivity index (χ0v) is 16.8. The molecule has 3 atom stereocenters. The fourth-order valence-corrected chi connectivity index (χ4v) is 3.00. The average molecular weight is 362 g/mol. The maximum absolute atomic E-state index is 8.93. The largest absolute Gasteiger partial charge is 0.508 e. The molecule has 0 aliphatic carbocycles. The van der Waals surface area contributed by atoms with Gasteiger partial charge in [0.05, 0.1) is 17.6 Å². The van der Waals surface area contributed by atoms with E-state index in [0.717, 1.165) is 45.1 Å². The minimum absolute atomic E-state index is 0.00977. The van der Waals surface area contributed by atoms with Gasteiger partial charge in [-0.05, 0) is 58.6 Å². The van der Waals surface area contributed by atoms with Crippen LogP contribution in [0.15, 0.2) is 30.3 Å². The van der Waals surface area contributed by atoms with Crippen LogP contribution in [0.4, 0.5) is 0 Å². The number of nitriles is 1. The van der Waals surface area contributed by atoms with Crippen molar-refractivity contribution in [1.29, 1.82) is 5.26 Å². The van der Waals surface area contributed by atoms with Gasteiger partial charge in [0.15, 0.2) is 6.29 Å². The Morgan fingerprint density at radius 2 is 1.92 bits per heavy atom. The molecule has 1 aromatic rings. The summed E-state index contributed by atoms with van der Waals surface area (Å²) in [6.07, 6.45) is 6.86. The van der Waals surface area contributed by atoms with E-state index in [2.05, 4.69) is 19.9 Å². The summed E-state index contributed by atoms with van der Waals surface area (Å²) in [6.45, 7) is 9.11. The Labute approximate surface area is 159 Å². The van der Waals surface area contributed by atoms with E-state index < -0.39 is 0 Å². The number of benzene rings is 1. The van der Waals surface area contributed by atoms with E-state index in [0.29, 0.717) is 17.8 Å². The monoisotopic (exact) mass is 361 g/mol. The molecule has 4 heteroatoms. The lowest BCUT2D eigenvalue weighted by atomic mass is 9.89. The second kappa shape index (κ2) is 11.9. The highest BCUT2D eigenvalue weighted by atomic mass is 16.7. The first-order chi connectivity index (χ1) is 12.4. The molecular weight excluding hydrogens is 326 g/mol. The van der Waals surface area contributed by atoms with Gasteiger partial charge in [-0.25, -0.2) is 0 Å². The molecule has 1 aliphatic heterocycles. The fraction of sp³-hybridized carbons (Fsp3) is 0.682. The lowest BCUT2D eigenvalue weighted by Gasteiger charge is -2.18. The molecule has 26 heavy (non-hydrogen) atoms. The summed E-state index contributed by atoms with van der Waals surface area (Å²) in [5.74, 6) is 0.884. The van der Waals surface area contributed by atoms with E-state index in [9.17, 15) is 0 Å². The Bertz CT molecular complexity index is 524. The molecule has 1 aliphatic rings. The van der Waals surface area contributed by atoms with Crippen molar-refractivity contribution in [2.24, 2.45) is 11.3 Å². The van der Waals surface area contributed by atoms with Crippen molar-refractivity contribution in [3.05, 3.63) is 30.3 Å². The predicted molar refractivity (Wildman–Crippen MR) is 105 cm³/mol. The number of ether oxygens (including phenoxy) is 2. The quantitative estimate of drug-likeness (QED) is 0.606. The van der Waals surface area contributed by atoms with Crippen LogP contribution in [-0.2, 0) is 9.47 Å². The van der Waals surface area contributed by atoms with Crippen LogP contribution in [-0.4, -0.2) is 24.1 Å². The van der Waals surface area contributed by atoms with Gasteiger partial charge in [-0.2, -0.15) is 5.26 Å². The summed E-state index contributed by atoms with van der Waals surface area (Å²) in [4.78, 5) is 0. The minimum atomic E-state index is -0.182. The molecule has 4 nitrogen and oxygen atoms in total. The fourth-order valence-electron chi connectivity index (χ4n) is 3.00. The molecule has 0 bridgehead atoms. The third-order valence-corrected chi connectivity index (χ3v) is 4.70. The zero-order chi connectivity index (χ0) is 19.4. The first-order valence-electron chi connectivity index (χ1n) is 9.80. The van der Waals surface area contributed by atoms with Gasteiger partial charge in [-0.15, -0.1) is 0 Å². The highest BCUT2D eigenvalue weighted by Gasteiger charge is 2.32. The molecule has 0 aromatic heterocycles. The van der Waals surface area contributed by atoms with E-state index in [1.54, 1.807) is 24.3 Å². The molecule has 2 rings (SSSR count). The Morgan fingerprint density at radius 1 is 1.23 bits per heavy atom. The lowest BCUT2D eigenvalue weighted by molar-refractivity contribution is -0.147. The van der Waals surface area contributed by atoms with Crippen LogP contribution in [0.5, 0.6) is 5.75 Å². The summed E-state index contributed by atoms with van der Waals surface area (Å²) in [6, 6.07) is 11.1. The first-order valence-corrected chi connectivity index (χ1v) is 9.80. The number of hydrogen-bond acceptors (Lipinski definition) is 4. The van der Waals surface area contributed by atoms with Gasteiger partial charge in [-0.3, -0.25) is 0 Å². The summed E-state index contributed by atoms with van der Waals surface area (Å²) in [5.41, 5.74) is -0.182. The van der Waals surface area contributed by atoms with Crippen molar-refractivity contribution in [3.8, 4) is 11.8 Å². The van der Waals surface area contributed by atoms with Gasteiger partial charge < -0.3 is 14.6 Å². The van der Waals surface area contributed by atoms with Gasteiger partial charge in [0.25, 0.3) is 0 Å². The van der Waals surface area contributed by atoms with Crippen LogP contribution in [0.2, 0.25) is 0 Å². The summed E-state index contributed by atoms with van der Waals surface area (Å²) >= 11 is 0. The second-order valence-electron chi connectivity index (χ2n) is 7.73. The summed E-state index contributed by atoms with van der Waals surface area (Å²) in [5, 5.41) is 17.6. The number of phenols is 1. The standard InChI is InChI=1S/C16H29NO2.C6H6O/c1-5-14-11-13(2)19-15(14)18-10-8-6-7-9-16(3,4)12-17;7-6-4-2-1-3-5-6/h13-15H,5-11H2,1-4H3;1-5,7H. The minimum Gasteiger partial charge on any atom is -0.508 e. The van der Waals surface area contributed by atoms with E-state index >= 15 is 0 Å². The van der Waals surface area contributed by atoms with Crippen LogP contribution in [0.3, 0.4) is 0 Å². The lowest BCUT2D eigenvalue weighted by Crippen LogP contribution is -2.20. The van der Waals surface area contributed by atoms with Gasteiger partial charge in [0, 0.05) is 12.5 Å². The van der Waals surface area contributed by atoms with E-state index in [4.69, 9.17) is 19.8 Å². The van der Waals surface area contributed by atoms with Crippen molar-refractivity contribution < 1.29 is 14.6 Å². The molecule has 1 aromatic carbocycles. The highest BCUT2D eigenvalue weighted by molar-refractivity contribution is 5.18. The number of rotatable bonds is 8. The van der Waals surface area contributed by atoms with Crippen LogP contribution in [0.1, 0.15) is 66.2 Å². The molecule has 1 N–H and O–H groups in total. The van der Waals surface area contributed by atoms with Crippen molar-refractivity contribution in [1.82, 2.24) is 0 Å². The van der Waals surface area contributed by atoms with Crippen LogP contribution < -0.4 is 0 Å². The Kier molecular flexibility index (Phi) is 10.3. The van der Waals surface area contributed by atoms with Gasteiger partial charge in [0.2, 0.25) is 0 Å². The van der Waals surface area contributed by atoms with Gasteiger partial charge in [0.1, 0.15) is 5.75 Å². The SMILES string of the molecule is CCC1CC(C)OC1OCCCCCC(C)(C)C#N.Oc1ccccc1. The molecule has 0 saturated carbocycles. The number of nitrogens with zero attached hydrogens (tertiary/aromatic N) is 1. The molecular formula is C22H35NO3. The second-order valence-corrected chi connectivity index (χ2v) is 7.73. The molecule has 1 fully saturated rings. The Morgan fingerprint density at radius 3 is 2.46 bits per heavy atom. The number of para-hydroxylation sites is 1. The summed E-state index contributed by atoms with van der Waals surface area (Å²) in [7, 11) is 0. The number of aromatic hydroxyl groups is 1. The molecule has 0 radical (unpaired) electrons. The molecule has 1 heterocycles. The Balaban J connectivity index is 0.000000401. The number of phenolic OH excluding ortho intramolecular Hbond substituents is 1. The molecule has 146 valence electrons. The van der Waals surface area contributed by atoms with Gasteiger partial charge in [-0.1, -0.05) is 38.0 Å². The van der Waals surface area contributed by atoms with Gasteiger partial charge >= 0.3 is 0 Å². The molecule has 3 unspecified atom stereocenters. The molecule has 0 amide bonds. The highest BCUT2D eigenvalue weighted by Crippen LogP contribution is 2.29. The number of hydrogen-bond donors (Lipinski definition) is 1. The average Bonchev–Trinajstić information content (AvgIpc) is 2.99. The van der Waals surface area contributed by atoms with Crippen LogP contribution in [0, 0.1) is 22.7 Å². The third-order valence-electron chi connectivity index (χ3n) is 4.70. The van der Waals surface area contributed by atoms with Crippen molar-refractivity contribution >= 4 is 0 Å². The zero-order valence-electron chi connectivity index (χ0n) is 16.8. The molecule has 0 spiro atoms. The maximum atomic E-state index is 8.93. The summed E-state index contributed by atoms with van der Waals surface area (Å²) < 4.78 is 11.6. The molecule has 1 saturated heterocycles. The topological polar surface area (TPSA) is 62.5 Å². The maximum Gasteiger partial charge on any atom is 0.160 e. The van der Waals surface area contributed by atoms with Crippen LogP contribution >= 0.6 is 0 Å². The van der Waals surface area contributed by atoms with E-state index in [1.807, 2.05) is 19.9 Å². The third kappa shape index (κ3) is 9.22. The van der Waals surface area contributed by atoms with E-state index in [-0.39, 0.29) is 11.7 Å².